The molecule has 0 N–H and O–H groups in total. The van der Waals surface area contributed by atoms with Gasteiger partial charge in [0.2, 0.25) is 0 Å². The molecule has 1 fully saturated rings. The molecule has 0 unspecified atom stereocenters. The Morgan fingerprint density at radius 2 is 1.71 bits per heavy atom. The number of halogens is 3. The number of nitrogens with zero attached hydrogens (tertiary/aromatic N) is 1. The van der Waals surface area contributed by atoms with Gasteiger partial charge in [-0.25, -0.2) is 0 Å². The lowest BCUT2D eigenvalue weighted by atomic mass is 10.2. The minimum atomic E-state index is -0.350. The molecule has 122 valence electrons. The van der Waals surface area contributed by atoms with Crippen molar-refractivity contribution in [1.29, 1.82) is 0 Å². The summed E-state index contributed by atoms with van der Waals surface area (Å²) in [6.07, 6.45) is 1.57. The highest BCUT2D eigenvalue weighted by atomic mass is 79.9. The summed E-state index contributed by atoms with van der Waals surface area (Å²) in [6.45, 7) is 0.208. The average Bonchev–Trinajstić information content (AvgIpc) is 2.80. The highest BCUT2D eigenvalue weighted by molar-refractivity contribution is 9.10. The van der Waals surface area contributed by atoms with Crippen molar-refractivity contribution >= 4 is 68.1 Å². The Morgan fingerprint density at radius 3 is 2.38 bits per heavy atom. The molecular weight excluding hydrogens is 433 g/mol. The van der Waals surface area contributed by atoms with E-state index in [0.29, 0.717) is 20.5 Å². The Bertz CT molecular complexity index is 849. The number of benzene rings is 2. The van der Waals surface area contributed by atoms with Crippen LogP contribution in [-0.4, -0.2) is 16.0 Å². The van der Waals surface area contributed by atoms with E-state index in [1.807, 2.05) is 24.3 Å². The molecule has 1 saturated heterocycles. The summed E-state index contributed by atoms with van der Waals surface area (Å²) in [5.74, 6) is -0.350. The van der Waals surface area contributed by atoms with Crippen LogP contribution in [0.4, 0.5) is 4.79 Å². The van der Waals surface area contributed by atoms with Gasteiger partial charge in [0.25, 0.3) is 11.1 Å². The van der Waals surface area contributed by atoms with Gasteiger partial charge in [0, 0.05) is 20.1 Å². The lowest BCUT2D eigenvalue weighted by Crippen LogP contribution is -2.27. The van der Waals surface area contributed by atoms with Gasteiger partial charge in [-0.15, -0.1) is 0 Å². The van der Waals surface area contributed by atoms with Gasteiger partial charge in [-0.1, -0.05) is 63.4 Å². The molecule has 0 aliphatic carbocycles. The Hall–Kier alpha value is -1.27. The zero-order valence-electron chi connectivity index (χ0n) is 12.1. The van der Waals surface area contributed by atoms with Crippen LogP contribution in [-0.2, 0) is 11.3 Å². The monoisotopic (exact) mass is 441 g/mol. The summed E-state index contributed by atoms with van der Waals surface area (Å²) in [5, 5.41) is 0.547. The highest BCUT2D eigenvalue weighted by Crippen LogP contribution is 2.36. The van der Waals surface area contributed by atoms with Crippen LogP contribution in [0, 0.1) is 0 Å². The van der Waals surface area contributed by atoms with Crippen LogP contribution in [0.5, 0.6) is 0 Å². The molecule has 1 heterocycles. The van der Waals surface area contributed by atoms with Crippen LogP contribution < -0.4 is 0 Å². The summed E-state index contributed by atoms with van der Waals surface area (Å²) in [6, 6.07) is 12.6. The third-order valence-electron chi connectivity index (χ3n) is 3.44. The Balaban J connectivity index is 1.89. The van der Waals surface area contributed by atoms with Crippen LogP contribution in [0.1, 0.15) is 11.1 Å². The van der Waals surface area contributed by atoms with Crippen molar-refractivity contribution in [2.75, 3.05) is 0 Å². The van der Waals surface area contributed by atoms with Gasteiger partial charge in [0.15, 0.2) is 0 Å². The number of rotatable bonds is 3. The van der Waals surface area contributed by atoms with Gasteiger partial charge in [-0.3, -0.25) is 14.5 Å². The van der Waals surface area contributed by atoms with Crippen molar-refractivity contribution < 1.29 is 9.59 Å². The fourth-order valence-electron chi connectivity index (χ4n) is 2.21. The van der Waals surface area contributed by atoms with Crippen molar-refractivity contribution in [2.45, 2.75) is 6.54 Å². The standard InChI is InChI=1S/C17H10BrCl2NO2S/c18-12-5-2-1-4-10(12)9-21-16(22)15(24-17(21)23)8-11-13(19)6-3-7-14(11)20/h1-8H,9H2/b15-8+. The summed E-state index contributed by atoms with van der Waals surface area (Å²) < 4.78 is 0.849. The van der Waals surface area contributed by atoms with Gasteiger partial charge in [-0.05, 0) is 41.6 Å². The molecule has 2 amide bonds. The fraction of sp³-hybridized carbons (Fsp3) is 0.0588. The van der Waals surface area contributed by atoms with Crippen molar-refractivity contribution in [3.05, 3.63) is 73.0 Å². The molecule has 3 nitrogen and oxygen atoms in total. The van der Waals surface area contributed by atoms with E-state index >= 15 is 0 Å². The maximum atomic E-state index is 12.6. The van der Waals surface area contributed by atoms with E-state index in [2.05, 4.69) is 15.9 Å². The number of hydrogen-bond donors (Lipinski definition) is 0. The van der Waals surface area contributed by atoms with Crippen LogP contribution in [0.2, 0.25) is 10.0 Å². The van der Waals surface area contributed by atoms with E-state index < -0.39 is 0 Å². The van der Waals surface area contributed by atoms with E-state index in [-0.39, 0.29) is 17.7 Å². The van der Waals surface area contributed by atoms with Crippen molar-refractivity contribution in [1.82, 2.24) is 4.90 Å². The number of thioether (sulfide) groups is 1. The van der Waals surface area contributed by atoms with Gasteiger partial charge in [-0.2, -0.15) is 0 Å². The molecule has 1 aliphatic rings. The normalized spacial score (nSPS) is 16.3. The van der Waals surface area contributed by atoms with E-state index in [1.54, 1.807) is 24.3 Å². The van der Waals surface area contributed by atoms with Crippen molar-refractivity contribution in [2.24, 2.45) is 0 Å². The molecule has 0 radical (unpaired) electrons. The first kappa shape index (κ1) is 17.5. The van der Waals surface area contributed by atoms with Crippen LogP contribution >= 0.6 is 50.9 Å². The first-order valence-corrected chi connectivity index (χ1v) is 9.26. The fourth-order valence-corrected chi connectivity index (χ4v) is 3.95. The van der Waals surface area contributed by atoms with Crippen LogP contribution in [0.15, 0.2) is 51.8 Å². The number of carbonyl (C=O) groups is 2. The van der Waals surface area contributed by atoms with Gasteiger partial charge < -0.3 is 0 Å². The molecule has 2 aromatic rings. The smallest absolute Gasteiger partial charge is 0.268 e. The Morgan fingerprint density at radius 1 is 1.04 bits per heavy atom. The highest BCUT2D eigenvalue weighted by Gasteiger charge is 2.35. The van der Waals surface area contributed by atoms with Crippen molar-refractivity contribution in [3.63, 3.8) is 0 Å². The van der Waals surface area contributed by atoms with E-state index in [9.17, 15) is 9.59 Å². The molecule has 0 atom stereocenters. The largest absolute Gasteiger partial charge is 0.293 e. The summed E-state index contributed by atoms with van der Waals surface area (Å²) >= 11 is 16.6. The second-order valence-corrected chi connectivity index (χ2v) is 7.66. The number of carbonyl (C=O) groups excluding carboxylic acids is 2. The molecule has 3 rings (SSSR count). The lowest BCUT2D eigenvalue weighted by Gasteiger charge is -2.13. The van der Waals surface area contributed by atoms with E-state index in [1.165, 1.54) is 4.90 Å². The van der Waals surface area contributed by atoms with E-state index in [0.717, 1.165) is 21.8 Å². The molecular formula is C17H10BrCl2NO2S. The topological polar surface area (TPSA) is 37.4 Å². The summed E-state index contributed by atoms with van der Waals surface area (Å²) in [5.41, 5.74) is 1.39. The second kappa shape index (κ2) is 7.31. The molecule has 0 bridgehead atoms. The quantitative estimate of drug-likeness (QED) is 0.547. The molecule has 0 saturated carbocycles. The minimum Gasteiger partial charge on any atom is -0.268 e. The lowest BCUT2D eigenvalue weighted by molar-refractivity contribution is -0.123. The number of hydrogen-bond acceptors (Lipinski definition) is 3. The molecule has 0 spiro atoms. The SMILES string of the molecule is O=C1S/C(=C/c2c(Cl)cccc2Cl)C(=O)N1Cc1ccccc1Br. The summed E-state index contributed by atoms with van der Waals surface area (Å²) in [7, 11) is 0. The van der Waals surface area contributed by atoms with Gasteiger partial charge in [0.1, 0.15) is 0 Å². The van der Waals surface area contributed by atoms with Crippen LogP contribution in [0.25, 0.3) is 6.08 Å². The molecule has 0 aromatic heterocycles. The molecule has 1 aliphatic heterocycles. The predicted octanol–water partition coefficient (Wildman–Crippen LogP) is 5.99. The predicted molar refractivity (Wildman–Crippen MR) is 102 cm³/mol. The Labute approximate surface area is 161 Å². The maximum absolute atomic E-state index is 12.6. The third kappa shape index (κ3) is 3.54. The minimum absolute atomic E-state index is 0.208. The first-order valence-electron chi connectivity index (χ1n) is 6.90. The molecule has 2 aromatic carbocycles. The zero-order chi connectivity index (χ0) is 17.3. The number of amides is 2. The number of imide groups is 1. The second-order valence-electron chi connectivity index (χ2n) is 4.99. The van der Waals surface area contributed by atoms with Crippen molar-refractivity contribution in [3.8, 4) is 0 Å². The molecule has 24 heavy (non-hydrogen) atoms. The van der Waals surface area contributed by atoms with E-state index in [4.69, 9.17) is 23.2 Å². The van der Waals surface area contributed by atoms with Gasteiger partial charge in [0.05, 0.1) is 11.4 Å². The van der Waals surface area contributed by atoms with Crippen LogP contribution in [0.3, 0.4) is 0 Å². The maximum Gasteiger partial charge on any atom is 0.293 e. The average molecular weight is 443 g/mol. The Kier molecular flexibility index (Phi) is 5.35. The third-order valence-corrected chi connectivity index (χ3v) is 5.78. The zero-order valence-corrected chi connectivity index (χ0v) is 16.0. The first-order chi connectivity index (χ1) is 11.5. The van der Waals surface area contributed by atoms with Gasteiger partial charge >= 0.3 is 0 Å². The summed E-state index contributed by atoms with van der Waals surface area (Å²) in [4.78, 5) is 26.3. The molecule has 7 heteroatoms.